The maximum atomic E-state index is 9.40. The molecule has 6 heteroatoms. The van der Waals surface area contributed by atoms with Gasteiger partial charge in [0.2, 0.25) is 0 Å². The first-order valence-electron chi connectivity index (χ1n) is 9.97. The van der Waals surface area contributed by atoms with Gasteiger partial charge in [0, 0.05) is 30.2 Å². The van der Waals surface area contributed by atoms with E-state index >= 15 is 0 Å². The average molecular weight is 380 g/mol. The molecule has 6 nitrogen and oxygen atoms in total. The number of rotatable bonds is 7. The largest absolute Gasteiger partial charge is 0.491 e. The SMILES string of the molecule is CC(O)COc1cccc(CN2CCC[C@@H](Nc3ccc4[nH]ncc4c3)C2)c1. The number of H-pyrrole nitrogens is 1. The first-order chi connectivity index (χ1) is 13.7. The zero-order valence-corrected chi connectivity index (χ0v) is 16.3. The highest BCUT2D eigenvalue weighted by molar-refractivity contribution is 5.81. The second kappa shape index (κ2) is 8.63. The summed E-state index contributed by atoms with van der Waals surface area (Å²) in [6.07, 6.45) is 3.76. The zero-order chi connectivity index (χ0) is 19.3. The minimum atomic E-state index is -0.459. The van der Waals surface area contributed by atoms with Crippen LogP contribution in [0.25, 0.3) is 10.9 Å². The first kappa shape index (κ1) is 18.8. The number of likely N-dealkylation sites (tertiary alicyclic amines) is 1. The smallest absolute Gasteiger partial charge is 0.119 e. The van der Waals surface area contributed by atoms with E-state index in [-0.39, 0.29) is 0 Å². The molecule has 0 saturated carbocycles. The summed E-state index contributed by atoms with van der Waals surface area (Å²) >= 11 is 0. The molecule has 0 aliphatic carbocycles. The Morgan fingerprint density at radius 1 is 1.32 bits per heavy atom. The number of nitrogens with zero attached hydrogens (tertiary/aromatic N) is 2. The van der Waals surface area contributed by atoms with Gasteiger partial charge in [0.15, 0.2) is 0 Å². The van der Waals surface area contributed by atoms with Crippen molar-refractivity contribution < 1.29 is 9.84 Å². The van der Waals surface area contributed by atoms with Crippen LogP contribution in [-0.2, 0) is 6.54 Å². The molecule has 1 unspecified atom stereocenters. The summed E-state index contributed by atoms with van der Waals surface area (Å²) < 4.78 is 5.64. The summed E-state index contributed by atoms with van der Waals surface area (Å²) in [4.78, 5) is 2.49. The molecule has 2 aromatic carbocycles. The van der Waals surface area contributed by atoms with Gasteiger partial charge in [0.05, 0.1) is 17.8 Å². The van der Waals surface area contributed by atoms with E-state index in [9.17, 15) is 5.11 Å². The number of hydrogen-bond donors (Lipinski definition) is 3. The quantitative estimate of drug-likeness (QED) is 0.586. The first-order valence-corrected chi connectivity index (χ1v) is 9.97. The molecule has 1 aromatic heterocycles. The van der Waals surface area contributed by atoms with Gasteiger partial charge < -0.3 is 15.2 Å². The molecule has 1 fully saturated rings. The van der Waals surface area contributed by atoms with E-state index in [1.165, 1.54) is 18.4 Å². The number of aliphatic hydroxyl groups excluding tert-OH is 1. The Morgan fingerprint density at radius 2 is 2.25 bits per heavy atom. The van der Waals surface area contributed by atoms with Gasteiger partial charge in [-0.3, -0.25) is 10.00 Å². The van der Waals surface area contributed by atoms with E-state index in [0.717, 1.165) is 42.0 Å². The number of aromatic nitrogens is 2. The van der Waals surface area contributed by atoms with E-state index in [0.29, 0.717) is 12.6 Å². The van der Waals surface area contributed by atoms with Crippen molar-refractivity contribution in [3.05, 3.63) is 54.2 Å². The van der Waals surface area contributed by atoms with Crippen LogP contribution in [0.5, 0.6) is 5.75 Å². The average Bonchev–Trinajstić information content (AvgIpc) is 3.15. The van der Waals surface area contributed by atoms with Gasteiger partial charge >= 0.3 is 0 Å². The third kappa shape index (κ3) is 4.82. The number of fused-ring (bicyclic) bond motifs is 1. The van der Waals surface area contributed by atoms with Gasteiger partial charge in [-0.1, -0.05) is 12.1 Å². The predicted octanol–water partition coefficient (Wildman–Crippen LogP) is 3.40. The van der Waals surface area contributed by atoms with E-state index < -0.39 is 6.10 Å². The van der Waals surface area contributed by atoms with Gasteiger partial charge in [-0.25, -0.2) is 0 Å². The minimum absolute atomic E-state index is 0.320. The number of benzene rings is 2. The van der Waals surface area contributed by atoms with Crippen LogP contribution < -0.4 is 10.1 Å². The van der Waals surface area contributed by atoms with E-state index in [2.05, 4.69) is 50.7 Å². The lowest BCUT2D eigenvalue weighted by molar-refractivity contribution is 0.122. The lowest BCUT2D eigenvalue weighted by atomic mass is 10.0. The van der Waals surface area contributed by atoms with Crippen LogP contribution in [0.15, 0.2) is 48.7 Å². The maximum absolute atomic E-state index is 9.40. The fourth-order valence-electron chi connectivity index (χ4n) is 3.79. The fourth-order valence-corrected chi connectivity index (χ4v) is 3.79. The number of aromatic amines is 1. The lowest BCUT2D eigenvalue weighted by Gasteiger charge is -2.33. The number of aliphatic hydroxyl groups is 1. The third-order valence-corrected chi connectivity index (χ3v) is 5.11. The zero-order valence-electron chi connectivity index (χ0n) is 16.3. The minimum Gasteiger partial charge on any atom is -0.491 e. The Hall–Kier alpha value is -2.57. The number of ether oxygens (including phenoxy) is 1. The summed E-state index contributed by atoms with van der Waals surface area (Å²) in [5, 5.41) is 21.3. The summed E-state index contributed by atoms with van der Waals surface area (Å²) in [7, 11) is 0. The van der Waals surface area contributed by atoms with E-state index in [1.807, 2.05) is 18.3 Å². The van der Waals surface area contributed by atoms with E-state index in [4.69, 9.17) is 4.74 Å². The third-order valence-electron chi connectivity index (χ3n) is 5.11. The summed E-state index contributed by atoms with van der Waals surface area (Å²) in [6.45, 7) is 5.08. The van der Waals surface area contributed by atoms with Crippen LogP contribution in [0.1, 0.15) is 25.3 Å². The van der Waals surface area contributed by atoms with Gasteiger partial charge in [0.1, 0.15) is 12.4 Å². The second-order valence-electron chi connectivity index (χ2n) is 7.70. The predicted molar refractivity (Wildman–Crippen MR) is 112 cm³/mol. The Balaban J connectivity index is 1.35. The number of hydrogen-bond acceptors (Lipinski definition) is 5. The molecule has 1 aliphatic rings. The molecule has 0 spiro atoms. The molecule has 148 valence electrons. The van der Waals surface area contributed by atoms with Crippen molar-refractivity contribution in [3.63, 3.8) is 0 Å². The molecule has 0 bridgehead atoms. The summed E-state index contributed by atoms with van der Waals surface area (Å²) in [6, 6.07) is 15.0. The highest BCUT2D eigenvalue weighted by Crippen LogP contribution is 2.22. The highest BCUT2D eigenvalue weighted by atomic mass is 16.5. The van der Waals surface area contributed by atoms with Crippen molar-refractivity contribution >= 4 is 16.6 Å². The van der Waals surface area contributed by atoms with Crippen molar-refractivity contribution in [2.24, 2.45) is 0 Å². The van der Waals surface area contributed by atoms with Crippen molar-refractivity contribution in [2.75, 3.05) is 25.0 Å². The van der Waals surface area contributed by atoms with Crippen molar-refractivity contribution in [3.8, 4) is 5.75 Å². The second-order valence-corrected chi connectivity index (χ2v) is 7.70. The van der Waals surface area contributed by atoms with Crippen LogP contribution in [-0.4, -0.2) is 52.0 Å². The van der Waals surface area contributed by atoms with Gasteiger partial charge in [0.25, 0.3) is 0 Å². The Bertz CT molecular complexity index is 908. The van der Waals surface area contributed by atoms with Gasteiger partial charge in [-0.15, -0.1) is 0 Å². The standard InChI is InChI=1S/C22H28N4O2/c1-16(27)15-28-21-6-2-4-17(10-21)13-26-9-3-5-20(14-26)24-19-7-8-22-18(11-19)12-23-25-22/h2,4,6-8,10-12,16,20,24,27H,3,5,9,13-15H2,1H3,(H,23,25)/t16?,20-/m1/s1. The molecule has 1 saturated heterocycles. The summed E-state index contributed by atoms with van der Waals surface area (Å²) in [5.74, 6) is 0.818. The molecule has 0 amide bonds. The van der Waals surface area contributed by atoms with Crippen molar-refractivity contribution in [1.82, 2.24) is 15.1 Å². The Kier molecular flexibility index (Phi) is 5.78. The van der Waals surface area contributed by atoms with Gasteiger partial charge in [-0.2, -0.15) is 5.10 Å². The molecule has 2 heterocycles. The number of piperidine rings is 1. The molecule has 3 N–H and O–H groups in total. The van der Waals surface area contributed by atoms with Crippen LogP contribution >= 0.6 is 0 Å². The number of anilines is 1. The monoisotopic (exact) mass is 380 g/mol. The fraction of sp³-hybridized carbons (Fsp3) is 0.409. The lowest BCUT2D eigenvalue weighted by Crippen LogP contribution is -2.41. The maximum Gasteiger partial charge on any atom is 0.119 e. The van der Waals surface area contributed by atoms with Crippen LogP contribution in [0, 0.1) is 0 Å². The van der Waals surface area contributed by atoms with Crippen LogP contribution in [0.4, 0.5) is 5.69 Å². The Morgan fingerprint density at radius 3 is 3.14 bits per heavy atom. The van der Waals surface area contributed by atoms with Crippen LogP contribution in [0.2, 0.25) is 0 Å². The molecule has 0 radical (unpaired) electrons. The molecule has 3 aromatic rings. The Labute approximate surface area is 165 Å². The molecule has 2 atom stereocenters. The molecular formula is C22H28N4O2. The normalized spacial score (nSPS) is 18.9. The van der Waals surface area contributed by atoms with Gasteiger partial charge in [-0.05, 0) is 62.2 Å². The van der Waals surface area contributed by atoms with Crippen molar-refractivity contribution in [1.29, 1.82) is 0 Å². The summed E-state index contributed by atoms with van der Waals surface area (Å²) in [5.41, 5.74) is 3.45. The number of nitrogens with one attached hydrogen (secondary N) is 2. The van der Waals surface area contributed by atoms with Crippen molar-refractivity contribution in [2.45, 2.75) is 38.5 Å². The van der Waals surface area contributed by atoms with E-state index in [1.54, 1.807) is 6.92 Å². The molecule has 1 aliphatic heterocycles. The molecular weight excluding hydrogens is 352 g/mol. The molecule has 28 heavy (non-hydrogen) atoms. The topological polar surface area (TPSA) is 73.4 Å². The highest BCUT2D eigenvalue weighted by Gasteiger charge is 2.20. The van der Waals surface area contributed by atoms with Crippen LogP contribution in [0.3, 0.4) is 0 Å². The molecule has 4 rings (SSSR count).